The maximum absolute atomic E-state index is 13.8. The molecule has 3 nitrogen and oxygen atoms in total. The summed E-state index contributed by atoms with van der Waals surface area (Å²) in [6.07, 6.45) is 3.60. The fraction of sp³-hybridized carbons (Fsp3) is 0.357. The van der Waals surface area contributed by atoms with E-state index in [9.17, 15) is 9.18 Å². The standard InChI is InChI=1S/C14H16FNO2/c1-18-10-11-4-6-16(7-5-11)14-3-2-12(9-17)8-13(14)15/h2-4,8-9H,5-7,10H2,1H3. The number of halogens is 1. The van der Waals surface area contributed by atoms with Gasteiger partial charge in [0, 0.05) is 25.8 Å². The van der Waals surface area contributed by atoms with Crippen LogP contribution in [0, 0.1) is 5.82 Å². The molecule has 0 radical (unpaired) electrons. The summed E-state index contributed by atoms with van der Waals surface area (Å²) in [5, 5.41) is 0. The van der Waals surface area contributed by atoms with Crippen LogP contribution in [-0.2, 0) is 4.74 Å². The molecule has 1 heterocycles. The van der Waals surface area contributed by atoms with Crippen LogP contribution in [-0.4, -0.2) is 33.1 Å². The third kappa shape index (κ3) is 2.76. The van der Waals surface area contributed by atoms with Gasteiger partial charge in [0.25, 0.3) is 0 Å². The van der Waals surface area contributed by atoms with Crippen molar-refractivity contribution in [1.29, 1.82) is 0 Å². The van der Waals surface area contributed by atoms with Gasteiger partial charge in [0.1, 0.15) is 12.1 Å². The van der Waals surface area contributed by atoms with E-state index < -0.39 is 0 Å². The Morgan fingerprint density at radius 3 is 2.89 bits per heavy atom. The van der Waals surface area contributed by atoms with Crippen LogP contribution in [0.4, 0.5) is 10.1 Å². The zero-order valence-corrected chi connectivity index (χ0v) is 10.4. The van der Waals surface area contributed by atoms with Crippen LogP contribution in [0.5, 0.6) is 0 Å². The van der Waals surface area contributed by atoms with E-state index in [1.165, 1.54) is 11.6 Å². The lowest BCUT2D eigenvalue weighted by Gasteiger charge is -2.28. The molecule has 0 fully saturated rings. The topological polar surface area (TPSA) is 29.5 Å². The number of carbonyl (C=O) groups is 1. The minimum atomic E-state index is -0.344. The summed E-state index contributed by atoms with van der Waals surface area (Å²) in [4.78, 5) is 12.5. The van der Waals surface area contributed by atoms with E-state index in [1.54, 1.807) is 19.2 Å². The Hall–Kier alpha value is -1.68. The molecule has 1 aliphatic rings. The second-order valence-electron chi connectivity index (χ2n) is 4.32. The fourth-order valence-electron chi connectivity index (χ4n) is 2.10. The highest BCUT2D eigenvalue weighted by Gasteiger charge is 2.15. The summed E-state index contributed by atoms with van der Waals surface area (Å²) >= 11 is 0. The monoisotopic (exact) mass is 249 g/mol. The number of rotatable bonds is 4. The Bertz CT molecular complexity index is 471. The first kappa shape index (κ1) is 12.8. The third-order valence-electron chi connectivity index (χ3n) is 3.08. The van der Waals surface area contributed by atoms with Crippen molar-refractivity contribution in [3.05, 3.63) is 41.2 Å². The molecule has 1 aliphatic heterocycles. The Morgan fingerprint density at radius 2 is 2.33 bits per heavy atom. The molecule has 1 aromatic carbocycles. The molecular formula is C14H16FNO2. The van der Waals surface area contributed by atoms with E-state index in [4.69, 9.17) is 4.74 Å². The molecule has 0 saturated carbocycles. The number of benzene rings is 1. The molecule has 0 amide bonds. The summed E-state index contributed by atoms with van der Waals surface area (Å²) in [6.45, 7) is 2.09. The summed E-state index contributed by atoms with van der Waals surface area (Å²) < 4.78 is 18.9. The minimum Gasteiger partial charge on any atom is -0.380 e. The molecule has 0 bridgehead atoms. The van der Waals surface area contributed by atoms with Crippen LogP contribution in [0.15, 0.2) is 29.8 Å². The summed E-state index contributed by atoms with van der Waals surface area (Å²) in [5.74, 6) is -0.344. The van der Waals surface area contributed by atoms with Gasteiger partial charge in [-0.05, 0) is 30.2 Å². The fourth-order valence-corrected chi connectivity index (χ4v) is 2.10. The van der Waals surface area contributed by atoms with Crippen LogP contribution in [0.25, 0.3) is 0 Å². The molecule has 0 aromatic heterocycles. The molecule has 96 valence electrons. The maximum atomic E-state index is 13.8. The van der Waals surface area contributed by atoms with Gasteiger partial charge in [-0.2, -0.15) is 0 Å². The lowest BCUT2D eigenvalue weighted by Crippen LogP contribution is -2.30. The number of ether oxygens (including phenoxy) is 1. The van der Waals surface area contributed by atoms with Gasteiger partial charge in [-0.3, -0.25) is 4.79 Å². The van der Waals surface area contributed by atoms with Crippen molar-refractivity contribution in [2.24, 2.45) is 0 Å². The van der Waals surface area contributed by atoms with Crippen LogP contribution >= 0.6 is 0 Å². The van der Waals surface area contributed by atoms with Crippen molar-refractivity contribution >= 4 is 12.0 Å². The summed E-state index contributed by atoms with van der Waals surface area (Å²) in [5.41, 5.74) is 2.16. The molecule has 0 saturated heterocycles. The number of hydrogen-bond acceptors (Lipinski definition) is 3. The zero-order chi connectivity index (χ0) is 13.0. The van der Waals surface area contributed by atoms with E-state index in [0.29, 0.717) is 30.7 Å². The van der Waals surface area contributed by atoms with Gasteiger partial charge in [0.05, 0.1) is 12.3 Å². The van der Waals surface area contributed by atoms with E-state index >= 15 is 0 Å². The van der Waals surface area contributed by atoms with Gasteiger partial charge < -0.3 is 9.64 Å². The van der Waals surface area contributed by atoms with Crippen molar-refractivity contribution in [2.45, 2.75) is 6.42 Å². The molecule has 4 heteroatoms. The lowest BCUT2D eigenvalue weighted by molar-refractivity contribution is 0.112. The van der Waals surface area contributed by atoms with Crippen molar-refractivity contribution < 1.29 is 13.9 Å². The molecule has 0 atom stereocenters. The second kappa shape index (κ2) is 5.78. The van der Waals surface area contributed by atoms with Gasteiger partial charge in [0.2, 0.25) is 0 Å². The molecule has 0 unspecified atom stereocenters. The smallest absolute Gasteiger partial charge is 0.150 e. The Kier molecular flexibility index (Phi) is 4.10. The first-order chi connectivity index (χ1) is 8.74. The van der Waals surface area contributed by atoms with Crippen molar-refractivity contribution in [2.75, 3.05) is 31.7 Å². The highest BCUT2D eigenvalue weighted by molar-refractivity contribution is 5.76. The van der Waals surface area contributed by atoms with E-state index in [0.717, 1.165) is 13.0 Å². The van der Waals surface area contributed by atoms with E-state index in [1.807, 2.05) is 4.90 Å². The number of nitrogens with zero attached hydrogens (tertiary/aromatic N) is 1. The average Bonchev–Trinajstić information content (AvgIpc) is 2.40. The number of aldehydes is 1. The van der Waals surface area contributed by atoms with Gasteiger partial charge in [-0.1, -0.05) is 6.08 Å². The van der Waals surface area contributed by atoms with Crippen molar-refractivity contribution in [3.63, 3.8) is 0 Å². The van der Waals surface area contributed by atoms with Gasteiger partial charge >= 0.3 is 0 Å². The first-order valence-electron chi connectivity index (χ1n) is 5.91. The molecule has 0 N–H and O–H groups in total. The largest absolute Gasteiger partial charge is 0.380 e. The highest BCUT2D eigenvalue weighted by Crippen LogP contribution is 2.23. The van der Waals surface area contributed by atoms with Gasteiger partial charge in [-0.25, -0.2) is 4.39 Å². The molecule has 2 rings (SSSR count). The number of carbonyl (C=O) groups excluding carboxylic acids is 1. The lowest BCUT2D eigenvalue weighted by atomic mass is 10.1. The van der Waals surface area contributed by atoms with Gasteiger partial charge in [-0.15, -0.1) is 0 Å². The molecule has 0 spiro atoms. The highest BCUT2D eigenvalue weighted by atomic mass is 19.1. The Balaban J connectivity index is 2.12. The summed E-state index contributed by atoms with van der Waals surface area (Å²) in [6, 6.07) is 4.57. The third-order valence-corrected chi connectivity index (χ3v) is 3.08. The van der Waals surface area contributed by atoms with Crippen LogP contribution in [0.3, 0.4) is 0 Å². The zero-order valence-electron chi connectivity index (χ0n) is 10.4. The Morgan fingerprint density at radius 1 is 1.50 bits per heavy atom. The second-order valence-corrected chi connectivity index (χ2v) is 4.32. The van der Waals surface area contributed by atoms with Crippen molar-refractivity contribution in [3.8, 4) is 0 Å². The first-order valence-corrected chi connectivity index (χ1v) is 5.91. The van der Waals surface area contributed by atoms with Crippen LogP contribution in [0.2, 0.25) is 0 Å². The minimum absolute atomic E-state index is 0.344. The molecule has 0 aliphatic carbocycles. The molecular weight excluding hydrogens is 233 g/mol. The van der Waals surface area contributed by atoms with Crippen LogP contribution < -0.4 is 4.90 Å². The predicted molar refractivity (Wildman–Crippen MR) is 68.6 cm³/mol. The molecule has 18 heavy (non-hydrogen) atoms. The summed E-state index contributed by atoms with van der Waals surface area (Å²) in [7, 11) is 1.67. The number of anilines is 1. The maximum Gasteiger partial charge on any atom is 0.150 e. The van der Waals surface area contributed by atoms with Gasteiger partial charge in [0.15, 0.2) is 0 Å². The normalized spacial score (nSPS) is 15.4. The number of methoxy groups -OCH3 is 1. The van der Waals surface area contributed by atoms with Crippen LogP contribution in [0.1, 0.15) is 16.8 Å². The Labute approximate surface area is 106 Å². The van der Waals surface area contributed by atoms with E-state index in [-0.39, 0.29) is 5.82 Å². The average molecular weight is 249 g/mol. The molecule has 1 aromatic rings. The quantitative estimate of drug-likeness (QED) is 0.606. The van der Waals surface area contributed by atoms with E-state index in [2.05, 4.69) is 6.08 Å². The SMILES string of the molecule is COCC1=CCN(c2ccc(C=O)cc2F)CC1. The number of hydrogen-bond donors (Lipinski definition) is 0. The predicted octanol–water partition coefficient (Wildman–Crippen LogP) is 2.42. The van der Waals surface area contributed by atoms with Crippen molar-refractivity contribution in [1.82, 2.24) is 0 Å².